The highest BCUT2D eigenvalue weighted by Crippen LogP contribution is 2.49. The smallest absolute Gasteiger partial charge is 0.475 e. The molecule has 0 aliphatic rings. The van der Waals surface area contributed by atoms with Crippen molar-refractivity contribution in [3.63, 3.8) is 0 Å². The molecule has 6 nitrogen and oxygen atoms in total. The van der Waals surface area contributed by atoms with Gasteiger partial charge < -0.3 is 5.11 Å². The molecule has 0 unspecified atom stereocenters. The first kappa shape index (κ1) is 18.1. The van der Waals surface area contributed by atoms with Crippen LogP contribution in [0.5, 0.6) is 0 Å². The summed E-state index contributed by atoms with van der Waals surface area (Å²) in [6, 6.07) is 0. The molecule has 1 N–H and O–H groups in total. The zero-order valence-electron chi connectivity index (χ0n) is 11.3. The van der Waals surface area contributed by atoms with Crippen LogP contribution in [-0.2, 0) is 22.9 Å². The van der Waals surface area contributed by atoms with Crippen molar-refractivity contribution in [2.75, 3.05) is 19.8 Å². The number of rotatable bonds is 11. The molecule has 0 fully saturated rings. The summed E-state index contributed by atoms with van der Waals surface area (Å²) in [6.07, 6.45) is 3.00. The summed E-state index contributed by atoms with van der Waals surface area (Å²) >= 11 is 0. The van der Waals surface area contributed by atoms with Crippen molar-refractivity contribution in [1.29, 1.82) is 0 Å². The monoisotopic (exact) mass is 292 g/mol. The maximum absolute atomic E-state index is 12.1. The fraction of sp³-hybridized carbons (Fsp3) is 0.583. The Kier molecular flexibility index (Phi) is 7.87. The van der Waals surface area contributed by atoms with Crippen LogP contribution in [0.1, 0.15) is 20.3 Å². The average Bonchev–Trinajstić information content (AvgIpc) is 2.34. The normalized spacial score (nSPS) is 12.1. The first-order valence-electron chi connectivity index (χ1n) is 5.76. The Morgan fingerprint density at radius 2 is 1.68 bits per heavy atom. The summed E-state index contributed by atoms with van der Waals surface area (Å²) in [5.74, 6) is -0.954. The molecular weight excluding hydrogens is 271 g/mol. The lowest BCUT2D eigenvalue weighted by Gasteiger charge is -2.21. The van der Waals surface area contributed by atoms with Gasteiger partial charge in [0.2, 0.25) is 0 Å². The van der Waals surface area contributed by atoms with E-state index in [0.717, 1.165) is 0 Å². The molecule has 0 saturated heterocycles. The number of aliphatic carboxylic acids is 1. The van der Waals surface area contributed by atoms with Crippen molar-refractivity contribution < 1.29 is 28.0 Å². The molecule has 0 aliphatic heterocycles. The Morgan fingerprint density at radius 3 is 2.05 bits per heavy atom. The lowest BCUT2D eigenvalue weighted by atomic mass is 9.90. The summed E-state index contributed by atoms with van der Waals surface area (Å²) in [5, 5.41) is 8.94. The summed E-state index contributed by atoms with van der Waals surface area (Å²) in [6.45, 7) is 9.94. The van der Waals surface area contributed by atoms with Gasteiger partial charge in [-0.3, -0.25) is 18.4 Å². The maximum atomic E-state index is 12.1. The van der Waals surface area contributed by atoms with Crippen molar-refractivity contribution in [3.05, 3.63) is 25.3 Å². The van der Waals surface area contributed by atoms with Crippen LogP contribution < -0.4 is 0 Å². The van der Waals surface area contributed by atoms with E-state index in [1.807, 2.05) is 0 Å². The van der Waals surface area contributed by atoms with Crippen LogP contribution in [0, 0.1) is 5.41 Å². The van der Waals surface area contributed by atoms with Gasteiger partial charge in [-0.25, -0.2) is 4.57 Å². The van der Waals surface area contributed by atoms with Crippen molar-refractivity contribution in [3.8, 4) is 0 Å². The molecule has 110 valence electrons. The van der Waals surface area contributed by atoms with Crippen molar-refractivity contribution in [2.45, 2.75) is 20.3 Å². The highest BCUT2D eigenvalue weighted by atomic mass is 31.2. The molecule has 7 heteroatoms. The molecule has 0 amide bonds. The van der Waals surface area contributed by atoms with E-state index in [4.69, 9.17) is 18.7 Å². The van der Waals surface area contributed by atoms with Crippen LogP contribution >= 0.6 is 7.82 Å². The van der Waals surface area contributed by atoms with E-state index in [2.05, 4.69) is 13.2 Å². The third kappa shape index (κ3) is 7.28. The highest BCUT2D eigenvalue weighted by molar-refractivity contribution is 7.48. The minimum absolute atomic E-state index is 0.0107. The Balaban J connectivity index is 4.41. The predicted octanol–water partition coefficient (Wildman–Crippen LogP) is 3.02. The molecular formula is C12H21O6P. The fourth-order valence-electron chi connectivity index (χ4n) is 0.919. The zero-order chi connectivity index (χ0) is 14.9. The number of carboxylic acid groups (broad SMARTS) is 1. The summed E-state index contributed by atoms with van der Waals surface area (Å²) in [7, 11) is -3.70. The van der Waals surface area contributed by atoms with Crippen molar-refractivity contribution in [1.82, 2.24) is 0 Å². The predicted molar refractivity (Wildman–Crippen MR) is 71.9 cm³/mol. The molecule has 0 saturated carbocycles. The second kappa shape index (κ2) is 8.27. The van der Waals surface area contributed by atoms with Crippen molar-refractivity contribution >= 4 is 13.8 Å². The standard InChI is InChI=1S/C12H21O6P/c1-5-8-16-19(15,17-9-6-2)18-10-7-12(3,4)11(13)14/h5-6H,1-2,7-10H2,3-4H3,(H,13,14). The minimum Gasteiger partial charge on any atom is -0.481 e. The Hall–Kier alpha value is -0.940. The topological polar surface area (TPSA) is 82.1 Å². The lowest BCUT2D eigenvalue weighted by Crippen LogP contribution is -2.25. The maximum Gasteiger partial charge on any atom is 0.475 e. The number of phosphoric ester groups is 1. The molecule has 0 bridgehead atoms. The van der Waals surface area contributed by atoms with Gasteiger partial charge >= 0.3 is 13.8 Å². The van der Waals surface area contributed by atoms with E-state index in [1.54, 1.807) is 13.8 Å². The number of carboxylic acids is 1. The van der Waals surface area contributed by atoms with E-state index in [0.29, 0.717) is 0 Å². The minimum atomic E-state index is -3.70. The molecule has 0 rings (SSSR count). The molecule has 19 heavy (non-hydrogen) atoms. The average molecular weight is 292 g/mol. The summed E-state index contributed by atoms with van der Waals surface area (Å²) in [5.41, 5.74) is -0.971. The third-order valence-corrected chi connectivity index (χ3v) is 3.69. The Bertz CT molecular complexity index is 347. The zero-order valence-corrected chi connectivity index (χ0v) is 12.2. The molecule has 0 heterocycles. The van der Waals surface area contributed by atoms with E-state index in [-0.39, 0.29) is 26.2 Å². The lowest BCUT2D eigenvalue weighted by molar-refractivity contribution is -0.147. The fourth-order valence-corrected chi connectivity index (χ4v) is 2.03. The quantitative estimate of drug-likeness (QED) is 0.465. The molecule has 0 aromatic carbocycles. The largest absolute Gasteiger partial charge is 0.481 e. The first-order chi connectivity index (χ1) is 8.77. The second-order valence-electron chi connectivity index (χ2n) is 4.39. The number of phosphoric acid groups is 1. The molecule has 0 spiro atoms. The molecule has 0 aromatic heterocycles. The van der Waals surface area contributed by atoms with Gasteiger partial charge in [0.25, 0.3) is 0 Å². The van der Waals surface area contributed by atoms with Gasteiger partial charge in [0.1, 0.15) is 0 Å². The SMILES string of the molecule is C=CCOP(=O)(OCC=C)OCCC(C)(C)C(=O)O. The molecule has 0 atom stereocenters. The second-order valence-corrected chi connectivity index (χ2v) is 6.06. The third-order valence-electron chi connectivity index (χ3n) is 2.26. The van der Waals surface area contributed by atoms with Gasteiger partial charge in [-0.1, -0.05) is 12.2 Å². The van der Waals surface area contributed by atoms with Crippen LogP contribution in [0.25, 0.3) is 0 Å². The van der Waals surface area contributed by atoms with Gasteiger partial charge in [-0.15, -0.1) is 13.2 Å². The van der Waals surface area contributed by atoms with E-state index >= 15 is 0 Å². The van der Waals surface area contributed by atoms with Gasteiger partial charge in [-0.05, 0) is 20.3 Å². The summed E-state index contributed by atoms with van der Waals surface area (Å²) < 4.78 is 27.1. The first-order valence-corrected chi connectivity index (χ1v) is 7.22. The number of hydrogen-bond acceptors (Lipinski definition) is 5. The van der Waals surface area contributed by atoms with Crippen LogP contribution in [-0.4, -0.2) is 30.9 Å². The number of hydrogen-bond donors (Lipinski definition) is 1. The van der Waals surface area contributed by atoms with Crippen LogP contribution in [0.2, 0.25) is 0 Å². The van der Waals surface area contributed by atoms with Crippen molar-refractivity contribution in [2.24, 2.45) is 5.41 Å². The molecule has 0 aromatic rings. The Morgan fingerprint density at radius 1 is 1.21 bits per heavy atom. The molecule has 0 aliphatic carbocycles. The molecule has 0 radical (unpaired) electrons. The van der Waals surface area contributed by atoms with Gasteiger partial charge in [-0.2, -0.15) is 0 Å². The van der Waals surface area contributed by atoms with Crippen LogP contribution in [0.4, 0.5) is 0 Å². The highest BCUT2D eigenvalue weighted by Gasteiger charge is 2.30. The number of carbonyl (C=O) groups is 1. The van der Waals surface area contributed by atoms with Gasteiger partial charge in [0, 0.05) is 0 Å². The van der Waals surface area contributed by atoms with E-state index in [1.165, 1.54) is 12.2 Å². The van der Waals surface area contributed by atoms with E-state index < -0.39 is 19.2 Å². The van der Waals surface area contributed by atoms with E-state index in [9.17, 15) is 9.36 Å². The van der Waals surface area contributed by atoms with Gasteiger partial charge in [0.15, 0.2) is 0 Å². The van der Waals surface area contributed by atoms with Crippen LogP contribution in [0.15, 0.2) is 25.3 Å². The van der Waals surface area contributed by atoms with Gasteiger partial charge in [0.05, 0.1) is 25.2 Å². The van der Waals surface area contributed by atoms with Crippen LogP contribution in [0.3, 0.4) is 0 Å². The summed E-state index contributed by atoms with van der Waals surface area (Å²) in [4.78, 5) is 10.9. The Labute approximate surface area is 113 Å².